The number of hydrogen-bond acceptors (Lipinski definition) is 9. The summed E-state index contributed by atoms with van der Waals surface area (Å²) in [6.45, 7) is 5.44. The molecule has 2 aromatic carbocycles. The molecule has 1 aromatic heterocycles. The van der Waals surface area contributed by atoms with Crippen LogP contribution < -0.4 is 9.47 Å². The molecule has 9 heteroatoms. The maximum absolute atomic E-state index is 12.6. The zero-order valence-electron chi connectivity index (χ0n) is 21.5. The molecule has 0 saturated heterocycles. The van der Waals surface area contributed by atoms with Gasteiger partial charge in [0.05, 0.1) is 28.4 Å². The van der Waals surface area contributed by atoms with Crippen LogP contribution in [-0.4, -0.2) is 50.6 Å². The van der Waals surface area contributed by atoms with Gasteiger partial charge >= 0.3 is 11.9 Å². The summed E-state index contributed by atoms with van der Waals surface area (Å²) in [4.78, 5) is 25.1. The summed E-state index contributed by atoms with van der Waals surface area (Å²) in [6, 6.07) is 7.35. The number of rotatable bonds is 9. The third kappa shape index (κ3) is 5.56. The van der Waals surface area contributed by atoms with Crippen molar-refractivity contribution in [1.82, 2.24) is 10.2 Å². The smallest absolute Gasteiger partial charge is 0.341 e. The van der Waals surface area contributed by atoms with Crippen molar-refractivity contribution in [3.63, 3.8) is 0 Å². The van der Waals surface area contributed by atoms with Crippen molar-refractivity contribution in [1.29, 1.82) is 0 Å². The molecule has 9 nitrogen and oxygen atoms in total. The second-order valence-electron chi connectivity index (χ2n) is 8.15. The highest BCUT2D eigenvalue weighted by Crippen LogP contribution is 2.36. The molecule has 0 aliphatic rings. The summed E-state index contributed by atoms with van der Waals surface area (Å²) >= 11 is 0. The normalized spacial score (nSPS) is 11.1. The topological polar surface area (TPSA) is 110 Å². The fourth-order valence-electron chi connectivity index (χ4n) is 4.17. The molecule has 0 atom stereocenters. The minimum atomic E-state index is -0.512. The van der Waals surface area contributed by atoms with E-state index in [2.05, 4.69) is 10.2 Å². The molecule has 3 rings (SSSR count). The van der Waals surface area contributed by atoms with Gasteiger partial charge in [0, 0.05) is 19.3 Å². The van der Waals surface area contributed by atoms with Gasteiger partial charge in [0.1, 0.15) is 22.6 Å². The van der Waals surface area contributed by atoms with Crippen LogP contribution in [0.1, 0.15) is 60.7 Å². The van der Waals surface area contributed by atoms with Gasteiger partial charge < -0.3 is 23.4 Å². The summed E-state index contributed by atoms with van der Waals surface area (Å²) in [5.41, 5.74) is 3.73. The molecule has 0 aliphatic heterocycles. The zero-order chi connectivity index (χ0) is 26.4. The lowest BCUT2D eigenvalue weighted by Gasteiger charge is -2.20. The standard InChI is InChI=1S/C27H30N2O7/c1-15-11-18(13-21(24(15)32-4)26(30)34-6)20(9-8-10-23-29-28-17(3)36-23)19-12-16(2)25(33-5)22(14-19)27(31)35-7/h8-9,11-14,20H,10H2,1-7H3. The first-order valence-electron chi connectivity index (χ1n) is 11.2. The average Bonchev–Trinajstić information content (AvgIpc) is 3.29. The number of esters is 2. The van der Waals surface area contributed by atoms with E-state index in [4.69, 9.17) is 23.4 Å². The molecule has 3 aromatic rings. The van der Waals surface area contributed by atoms with Crippen molar-refractivity contribution in [2.45, 2.75) is 33.1 Å². The van der Waals surface area contributed by atoms with E-state index < -0.39 is 11.9 Å². The second-order valence-corrected chi connectivity index (χ2v) is 8.15. The van der Waals surface area contributed by atoms with Crippen LogP contribution in [0.2, 0.25) is 0 Å². The van der Waals surface area contributed by atoms with E-state index in [0.29, 0.717) is 40.8 Å². The maximum Gasteiger partial charge on any atom is 0.341 e. The van der Waals surface area contributed by atoms with Crippen molar-refractivity contribution in [3.8, 4) is 11.5 Å². The SMILES string of the molecule is COC(=O)c1cc(C(C=CCc2nnc(C)o2)c2cc(C)c(OC)c(C(=O)OC)c2)cc(C)c1OC. The van der Waals surface area contributed by atoms with Crippen LogP contribution in [0.15, 0.2) is 40.8 Å². The van der Waals surface area contributed by atoms with Crippen molar-refractivity contribution in [2.24, 2.45) is 0 Å². The van der Waals surface area contributed by atoms with Gasteiger partial charge in [-0.3, -0.25) is 0 Å². The first kappa shape index (κ1) is 26.5. The summed E-state index contributed by atoms with van der Waals surface area (Å²) in [5, 5.41) is 7.90. The number of carbonyl (C=O) groups excluding carboxylic acids is 2. The van der Waals surface area contributed by atoms with Crippen LogP contribution in [0.5, 0.6) is 11.5 Å². The predicted molar refractivity (Wildman–Crippen MR) is 132 cm³/mol. The minimum Gasteiger partial charge on any atom is -0.496 e. The molecule has 0 saturated carbocycles. The number of hydrogen-bond donors (Lipinski definition) is 0. The molecule has 0 N–H and O–H groups in total. The first-order chi connectivity index (χ1) is 17.2. The van der Waals surface area contributed by atoms with Gasteiger partial charge in [0.15, 0.2) is 0 Å². The molecule has 36 heavy (non-hydrogen) atoms. The van der Waals surface area contributed by atoms with Crippen molar-refractivity contribution >= 4 is 11.9 Å². The highest BCUT2D eigenvalue weighted by molar-refractivity contribution is 5.94. The highest BCUT2D eigenvalue weighted by atomic mass is 16.5. The Labute approximate surface area is 210 Å². The van der Waals surface area contributed by atoms with Crippen LogP contribution >= 0.6 is 0 Å². The Balaban J connectivity index is 2.20. The average molecular weight is 495 g/mol. The Morgan fingerprint density at radius 3 is 1.72 bits per heavy atom. The third-order valence-corrected chi connectivity index (χ3v) is 5.72. The molecule has 1 heterocycles. The number of allylic oxidation sites excluding steroid dienone is 2. The number of benzene rings is 2. The minimum absolute atomic E-state index is 0.305. The number of aryl methyl sites for hydroxylation is 3. The molecule has 190 valence electrons. The summed E-state index contributed by atoms with van der Waals surface area (Å²) in [6.07, 6.45) is 4.28. The molecule has 0 bridgehead atoms. The highest BCUT2D eigenvalue weighted by Gasteiger charge is 2.23. The van der Waals surface area contributed by atoms with Gasteiger partial charge in [0.25, 0.3) is 0 Å². The quantitative estimate of drug-likeness (QED) is 0.313. The van der Waals surface area contributed by atoms with Gasteiger partial charge in [-0.1, -0.05) is 24.3 Å². The molecule has 0 aliphatic carbocycles. The molecule has 0 amide bonds. The Morgan fingerprint density at radius 1 is 0.833 bits per heavy atom. The Kier molecular flexibility index (Phi) is 8.47. The van der Waals surface area contributed by atoms with Crippen LogP contribution in [0.25, 0.3) is 0 Å². The number of carbonyl (C=O) groups is 2. The Hall–Kier alpha value is -4.14. The Bertz CT molecular complexity index is 1220. The van der Waals surface area contributed by atoms with E-state index in [0.717, 1.165) is 22.3 Å². The first-order valence-corrected chi connectivity index (χ1v) is 11.2. The van der Waals surface area contributed by atoms with Crippen molar-refractivity contribution < 1.29 is 33.0 Å². The molecule has 0 fully saturated rings. The molecular weight excluding hydrogens is 464 g/mol. The summed E-state index contributed by atoms with van der Waals surface area (Å²) in [7, 11) is 5.66. The van der Waals surface area contributed by atoms with Crippen LogP contribution in [0.3, 0.4) is 0 Å². The van der Waals surface area contributed by atoms with Crippen molar-refractivity contribution in [2.75, 3.05) is 28.4 Å². The maximum atomic E-state index is 12.6. The number of methoxy groups -OCH3 is 4. The Morgan fingerprint density at radius 2 is 1.33 bits per heavy atom. The zero-order valence-corrected chi connectivity index (χ0v) is 21.5. The van der Waals surface area contributed by atoms with Gasteiger partial charge in [-0.05, 0) is 48.2 Å². The van der Waals surface area contributed by atoms with E-state index in [1.807, 2.05) is 38.1 Å². The van der Waals surface area contributed by atoms with Crippen LogP contribution in [0, 0.1) is 20.8 Å². The van der Waals surface area contributed by atoms with Gasteiger partial charge in [-0.15, -0.1) is 10.2 Å². The number of nitrogens with zero attached hydrogens (tertiary/aromatic N) is 2. The summed E-state index contributed by atoms with van der Waals surface area (Å²) < 4.78 is 26.4. The van der Waals surface area contributed by atoms with Gasteiger partial charge in [0.2, 0.25) is 11.8 Å². The number of aromatic nitrogens is 2. The van der Waals surface area contributed by atoms with Crippen LogP contribution in [0.4, 0.5) is 0 Å². The van der Waals surface area contributed by atoms with Crippen LogP contribution in [-0.2, 0) is 15.9 Å². The molecule has 0 radical (unpaired) electrons. The van der Waals surface area contributed by atoms with E-state index in [1.165, 1.54) is 28.4 Å². The van der Waals surface area contributed by atoms with Crippen molar-refractivity contribution in [3.05, 3.63) is 81.6 Å². The summed E-state index contributed by atoms with van der Waals surface area (Å²) in [5.74, 6) is 0.465. The van der Waals surface area contributed by atoms with Gasteiger partial charge in [-0.25, -0.2) is 9.59 Å². The van der Waals surface area contributed by atoms with E-state index in [9.17, 15) is 9.59 Å². The second kappa shape index (κ2) is 11.5. The largest absolute Gasteiger partial charge is 0.496 e. The third-order valence-electron chi connectivity index (χ3n) is 5.72. The number of ether oxygens (including phenoxy) is 4. The lowest BCUT2D eigenvalue weighted by atomic mass is 9.86. The van der Waals surface area contributed by atoms with E-state index >= 15 is 0 Å². The lowest BCUT2D eigenvalue weighted by molar-refractivity contribution is 0.0588. The van der Waals surface area contributed by atoms with Gasteiger partial charge in [-0.2, -0.15) is 0 Å². The van der Waals surface area contributed by atoms with E-state index in [1.54, 1.807) is 19.1 Å². The molecule has 0 unspecified atom stereocenters. The predicted octanol–water partition coefficient (Wildman–Crippen LogP) is 4.52. The fraction of sp³-hybridized carbons (Fsp3) is 0.333. The monoisotopic (exact) mass is 494 g/mol. The van der Waals surface area contributed by atoms with E-state index in [-0.39, 0.29) is 5.92 Å². The molecule has 0 spiro atoms. The molecular formula is C27H30N2O7. The fourth-order valence-corrected chi connectivity index (χ4v) is 4.17. The lowest BCUT2D eigenvalue weighted by Crippen LogP contribution is -2.10.